The molecule has 3 heterocycles. The molecule has 0 atom stereocenters. The van der Waals surface area contributed by atoms with Crippen molar-refractivity contribution in [3.63, 3.8) is 0 Å². The molecular formula is C21H21N3O2S. The molecule has 1 aliphatic heterocycles. The zero-order chi connectivity index (χ0) is 18.8. The average Bonchev–Trinajstić information content (AvgIpc) is 3.40. The quantitative estimate of drug-likeness (QED) is 0.685. The minimum atomic E-state index is 0.0802. The smallest absolute Gasteiger partial charge is 0.253 e. The van der Waals surface area contributed by atoms with E-state index in [1.54, 1.807) is 13.1 Å². The molecule has 0 aliphatic carbocycles. The van der Waals surface area contributed by atoms with Gasteiger partial charge in [-0.25, -0.2) is 0 Å². The molecule has 6 heteroatoms. The van der Waals surface area contributed by atoms with Crippen LogP contribution >= 0.6 is 11.3 Å². The van der Waals surface area contributed by atoms with Crippen LogP contribution in [0, 0.1) is 0 Å². The summed E-state index contributed by atoms with van der Waals surface area (Å²) in [7, 11) is 0. The standard InChI is InChI=1S/C21H21N3O2S/c1-14(25)19-6-7-20(27-19)16-2-4-17(5-3-16)21(26)24-12-9-15(10-13-24)18-8-11-22-23-18/h2-8,11,15H,9-10,12-13H2,1H3,(H,22,23). The van der Waals surface area contributed by atoms with Gasteiger partial charge in [-0.2, -0.15) is 5.10 Å². The summed E-state index contributed by atoms with van der Waals surface area (Å²) in [6, 6.07) is 13.5. The van der Waals surface area contributed by atoms with E-state index in [9.17, 15) is 9.59 Å². The van der Waals surface area contributed by atoms with E-state index < -0.39 is 0 Å². The lowest BCUT2D eigenvalue weighted by Crippen LogP contribution is -2.38. The van der Waals surface area contributed by atoms with Crippen molar-refractivity contribution in [2.75, 3.05) is 13.1 Å². The predicted octanol–water partition coefficient (Wildman–Crippen LogP) is 4.36. The van der Waals surface area contributed by atoms with E-state index in [2.05, 4.69) is 10.2 Å². The molecule has 1 aliphatic rings. The van der Waals surface area contributed by atoms with Crippen LogP contribution in [0.1, 0.15) is 51.4 Å². The summed E-state index contributed by atoms with van der Waals surface area (Å²) in [4.78, 5) is 28.0. The molecule has 4 rings (SSSR count). The monoisotopic (exact) mass is 379 g/mol. The van der Waals surface area contributed by atoms with Crippen LogP contribution in [-0.2, 0) is 0 Å². The minimum Gasteiger partial charge on any atom is -0.339 e. The molecule has 27 heavy (non-hydrogen) atoms. The fraction of sp³-hybridized carbons (Fsp3) is 0.286. The number of thiophene rings is 1. The molecule has 0 unspecified atom stereocenters. The highest BCUT2D eigenvalue weighted by atomic mass is 32.1. The van der Waals surface area contributed by atoms with Crippen LogP contribution in [0.5, 0.6) is 0 Å². The van der Waals surface area contributed by atoms with Gasteiger partial charge in [-0.05, 0) is 55.7 Å². The molecule has 0 spiro atoms. The number of piperidine rings is 1. The first kappa shape index (κ1) is 17.7. The number of benzene rings is 1. The fourth-order valence-electron chi connectivity index (χ4n) is 3.53. The number of Topliss-reactive ketones (excluding diaryl/α,β-unsaturated/α-hetero) is 1. The van der Waals surface area contributed by atoms with E-state index >= 15 is 0 Å². The molecule has 5 nitrogen and oxygen atoms in total. The zero-order valence-electron chi connectivity index (χ0n) is 15.1. The Morgan fingerprint density at radius 3 is 2.41 bits per heavy atom. The molecular weight excluding hydrogens is 358 g/mol. The number of ketones is 1. The number of rotatable bonds is 4. The van der Waals surface area contributed by atoms with E-state index in [0.29, 0.717) is 11.5 Å². The molecule has 1 N–H and O–H groups in total. The van der Waals surface area contributed by atoms with Crippen LogP contribution in [0.2, 0.25) is 0 Å². The Bertz CT molecular complexity index is 936. The van der Waals surface area contributed by atoms with Crippen molar-refractivity contribution in [2.24, 2.45) is 0 Å². The largest absolute Gasteiger partial charge is 0.339 e. The molecule has 138 valence electrons. The maximum Gasteiger partial charge on any atom is 0.253 e. The average molecular weight is 379 g/mol. The van der Waals surface area contributed by atoms with Crippen LogP contribution in [0.25, 0.3) is 10.4 Å². The SMILES string of the molecule is CC(=O)c1ccc(-c2ccc(C(=O)N3CCC(c4ccn[nH]4)CC3)cc2)s1. The van der Waals surface area contributed by atoms with Gasteiger partial charge in [-0.3, -0.25) is 14.7 Å². The molecule has 0 saturated carbocycles. The second-order valence-electron chi connectivity index (χ2n) is 6.88. The zero-order valence-corrected chi connectivity index (χ0v) is 16.0. The van der Waals surface area contributed by atoms with Gasteiger partial charge in [0.1, 0.15) is 0 Å². The molecule has 1 amide bonds. The lowest BCUT2D eigenvalue weighted by atomic mass is 9.93. The third-order valence-corrected chi connectivity index (χ3v) is 6.35. The van der Waals surface area contributed by atoms with Gasteiger partial charge in [-0.1, -0.05) is 12.1 Å². The van der Waals surface area contributed by atoms with Gasteiger partial charge < -0.3 is 4.90 Å². The number of aromatic nitrogens is 2. The Morgan fingerprint density at radius 2 is 1.81 bits per heavy atom. The summed E-state index contributed by atoms with van der Waals surface area (Å²) >= 11 is 1.48. The first-order chi connectivity index (χ1) is 13.1. The highest BCUT2D eigenvalue weighted by molar-refractivity contribution is 7.17. The van der Waals surface area contributed by atoms with Gasteiger partial charge in [-0.15, -0.1) is 11.3 Å². The van der Waals surface area contributed by atoms with Crippen LogP contribution in [0.3, 0.4) is 0 Å². The number of carbonyl (C=O) groups excluding carboxylic acids is 2. The maximum atomic E-state index is 12.8. The van der Waals surface area contributed by atoms with E-state index in [1.165, 1.54) is 11.3 Å². The Morgan fingerprint density at radius 1 is 1.07 bits per heavy atom. The highest BCUT2D eigenvalue weighted by Gasteiger charge is 2.25. The summed E-state index contributed by atoms with van der Waals surface area (Å²) in [5.74, 6) is 0.616. The van der Waals surface area contributed by atoms with Gasteiger partial charge in [0.2, 0.25) is 0 Å². The van der Waals surface area contributed by atoms with Crippen molar-refractivity contribution in [1.29, 1.82) is 0 Å². The Hall–Kier alpha value is -2.73. The summed E-state index contributed by atoms with van der Waals surface area (Å²) in [6.07, 6.45) is 3.69. The third kappa shape index (κ3) is 3.71. The number of aromatic amines is 1. The van der Waals surface area contributed by atoms with Gasteiger partial charge >= 0.3 is 0 Å². The van der Waals surface area contributed by atoms with Crippen LogP contribution in [0.4, 0.5) is 0 Å². The first-order valence-corrected chi connectivity index (χ1v) is 9.93. The number of hydrogen-bond acceptors (Lipinski definition) is 4. The lowest BCUT2D eigenvalue weighted by molar-refractivity contribution is 0.0712. The van der Waals surface area contributed by atoms with Crippen molar-refractivity contribution < 1.29 is 9.59 Å². The first-order valence-electron chi connectivity index (χ1n) is 9.11. The molecule has 1 aromatic carbocycles. The van der Waals surface area contributed by atoms with Crippen molar-refractivity contribution in [1.82, 2.24) is 15.1 Å². The molecule has 1 fully saturated rings. The molecule has 0 bridgehead atoms. The molecule has 2 aromatic heterocycles. The number of H-pyrrole nitrogens is 1. The van der Waals surface area contributed by atoms with Crippen molar-refractivity contribution in [3.8, 4) is 10.4 Å². The van der Waals surface area contributed by atoms with Gasteiger partial charge in [0.05, 0.1) is 4.88 Å². The van der Waals surface area contributed by atoms with E-state index in [-0.39, 0.29) is 11.7 Å². The summed E-state index contributed by atoms with van der Waals surface area (Å²) in [6.45, 7) is 3.10. The summed E-state index contributed by atoms with van der Waals surface area (Å²) < 4.78 is 0. The predicted molar refractivity (Wildman–Crippen MR) is 106 cm³/mol. The molecule has 0 radical (unpaired) electrons. The lowest BCUT2D eigenvalue weighted by Gasteiger charge is -2.31. The van der Waals surface area contributed by atoms with E-state index in [1.807, 2.05) is 47.4 Å². The molecule has 3 aromatic rings. The number of hydrogen-bond donors (Lipinski definition) is 1. The van der Waals surface area contributed by atoms with Crippen LogP contribution in [0.15, 0.2) is 48.7 Å². The van der Waals surface area contributed by atoms with E-state index in [4.69, 9.17) is 0 Å². The van der Waals surface area contributed by atoms with Crippen molar-refractivity contribution in [3.05, 3.63) is 64.8 Å². The number of amides is 1. The number of nitrogens with zero attached hydrogens (tertiary/aromatic N) is 2. The topological polar surface area (TPSA) is 66.1 Å². The maximum absolute atomic E-state index is 12.8. The Kier molecular flexibility index (Phi) is 4.90. The molecule has 1 saturated heterocycles. The van der Waals surface area contributed by atoms with Crippen molar-refractivity contribution >= 4 is 23.0 Å². The third-order valence-electron chi connectivity index (χ3n) is 5.11. The Labute approximate surface area is 162 Å². The normalized spacial score (nSPS) is 15.1. The highest BCUT2D eigenvalue weighted by Crippen LogP contribution is 2.30. The summed E-state index contributed by atoms with van der Waals surface area (Å²) in [5, 5.41) is 7.06. The number of likely N-dealkylation sites (tertiary alicyclic amines) is 1. The van der Waals surface area contributed by atoms with Crippen LogP contribution in [-0.4, -0.2) is 39.9 Å². The van der Waals surface area contributed by atoms with Crippen molar-refractivity contribution in [2.45, 2.75) is 25.7 Å². The van der Waals surface area contributed by atoms with Gasteiger partial charge in [0, 0.05) is 41.3 Å². The Balaban J connectivity index is 1.41. The summed E-state index contributed by atoms with van der Waals surface area (Å²) in [5.41, 5.74) is 2.90. The number of nitrogens with one attached hydrogen (secondary N) is 1. The second-order valence-corrected chi connectivity index (χ2v) is 7.96. The fourth-order valence-corrected chi connectivity index (χ4v) is 4.44. The van der Waals surface area contributed by atoms with E-state index in [0.717, 1.165) is 46.9 Å². The van der Waals surface area contributed by atoms with Gasteiger partial charge in [0.15, 0.2) is 5.78 Å². The van der Waals surface area contributed by atoms with Crippen LogP contribution < -0.4 is 0 Å². The minimum absolute atomic E-state index is 0.0802. The second kappa shape index (κ2) is 7.48. The number of carbonyl (C=O) groups is 2. The van der Waals surface area contributed by atoms with Gasteiger partial charge in [0.25, 0.3) is 5.91 Å².